The summed E-state index contributed by atoms with van der Waals surface area (Å²) in [4.78, 5) is 7.85. The molecule has 1 atom stereocenters. The second kappa shape index (κ2) is 6.41. The van der Waals surface area contributed by atoms with E-state index in [-0.39, 0.29) is 5.92 Å². The maximum atomic E-state index is 5.83. The van der Waals surface area contributed by atoms with E-state index in [1.165, 1.54) is 0 Å². The Labute approximate surface area is 127 Å². The molecule has 0 aliphatic carbocycles. The molecule has 0 aliphatic heterocycles. The quantitative estimate of drug-likeness (QED) is 0.876. The van der Waals surface area contributed by atoms with Gasteiger partial charge in [-0.3, -0.25) is 0 Å². The molecule has 2 aromatic rings. The van der Waals surface area contributed by atoms with E-state index < -0.39 is 0 Å². The third-order valence-corrected chi connectivity index (χ3v) is 4.09. The number of nitrogens with one attached hydrogen (secondary N) is 1. The van der Waals surface area contributed by atoms with Crippen LogP contribution in [0, 0.1) is 5.92 Å². The van der Waals surface area contributed by atoms with Crippen molar-refractivity contribution in [1.82, 2.24) is 9.97 Å². The highest BCUT2D eigenvalue weighted by atomic mass is 79.9. The molecule has 0 saturated heterocycles. The number of aromatic nitrogens is 2. The number of ether oxygens (including phenoxy) is 1. The average molecular weight is 338 g/mol. The number of nitrogens with zero attached hydrogens (tertiary/aromatic N) is 1. The molecule has 4 nitrogen and oxygen atoms in total. The van der Waals surface area contributed by atoms with E-state index in [2.05, 4.69) is 39.7 Å². The van der Waals surface area contributed by atoms with Gasteiger partial charge in [0.1, 0.15) is 11.6 Å². The van der Waals surface area contributed by atoms with E-state index in [4.69, 9.17) is 10.5 Å². The Hall–Kier alpha value is -1.33. The lowest BCUT2D eigenvalue weighted by Crippen LogP contribution is -2.19. The van der Waals surface area contributed by atoms with Crippen LogP contribution in [0.5, 0.6) is 5.75 Å². The summed E-state index contributed by atoms with van der Waals surface area (Å²) in [6, 6.07) is 5.96. The zero-order chi connectivity index (χ0) is 14.7. The standard InChI is InChI=1S/C15H20BrN3O/c1-9(2)11(7-17)15-18-8-13(19-15)10-4-5-14(20-3)12(16)6-10/h4-6,8-9,11H,7,17H2,1-3H3,(H,18,19). The highest BCUT2D eigenvalue weighted by Gasteiger charge is 2.17. The molecule has 0 amide bonds. The summed E-state index contributed by atoms with van der Waals surface area (Å²) in [5, 5.41) is 0. The predicted molar refractivity (Wildman–Crippen MR) is 84.9 cm³/mol. The van der Waals surface area contributed by atoms with E-state index in [1.807, 2.05) is 24.4 Å². The number of methoxy groups -OCH3 is 1. The molecule has 1 aromatic carbocycles. The van der Waals surface area contributed by atoms with Crippen LogP contribution in [0.2, 0.25) is 0 Å². The van der Waals surface area contributed by atoms with Crippen LogP contribution in [0.4, 0.5) is 0 Å². The van der Waals surface area contributed by atoms with Crippen molar-refractivity contribution in [1.29, 1.82) is 0 Å². The molecule has 0 bridgehead atoms. The molecule has 0 radical (unpaired) electrons. The SMILES string of the molecule is COc1ccc(-c2cnc(C(CN)C(C)C)[nH]2)cc1Br. The average Bonchev–Trinajstić information content (AvgIpc) is 2.88. The number of hydrogen-bond donors (Lipinski definition) is 2. The van der Waals surface area contributed by atoms with Gasteiger partial charge < -0.3 is 15.5 Å². The Morgan fingerprint density at radius 3 is 2.70 bits per heavy atom. The van der Waals surface area contributed by atoms with Crippen molar-refractivity contribution < 1.29 is 4.74 Å². The maximum Gasteiger partial charge on any atom is 0.133 e. The van der Waals surface area contributed by atoms with Gasteiger partial charge in [-0.05, 0) is 40.0 Å². The zero-order valence-corrected chi connectivity index (χ0v) is 13.6. The number of H-pyrrole nitrogens is 1. The number of halogens is 1. The first-order valence-corrected chi connectivity index (χ1v) is 7.45. The second-order valence-electron chi connectivity index (χ2n) is 5.12. The summed E-state index contributed by atoms with van der Waals surface area (Å²) in [5.41, 5.74) is 7.89. The monoisotopic (exact) mass is 337 g/mol. The number of imidazole rings is 1. The summed E-state index contributed by atoms with van der Waals surface area (Å²) in [6.45, 7) is 4.91. The van der Waals surface area contributed by atoms with Crippen LogP contribution in [0.3, 0.4) is 0 Å². The summed E-state index contributed by atoms with van der Waals surface area (Å²) < 4.78 is 6.16. The highest BCUT2D eigenvalue weighted by Crippen LogP contribution is 2.30. The molecule has 1 unspecified atom stereocenters. The van der Waals surface area contributed by atoms with Gasteiger partial charge in [-0.1, -0.05) is 13.8 Å². The first-order valence-electron chi connectivity index (χ1n) is 6.65. The molecule has 20 heavy (non-hydrogen) atoms. The van der Waals surface area contributed by atoms with Crippen LogP contribution in [0.25, 0.3) is 11.3 Å². The maximum absolute atomic E-state index is 5.83. The van der Waals surface area contributed by atoms with Crippen molar-refractivity contribution in [2.75, 3.05) is 13.7 Å². The first kappa shape index (κ1) is 15.1. The molecule has 0 spiro atoms. The normalized spacial score (nSPS) is 12.7. The molecule has 1 heterocycles. The van der Waals surface area contributed by atoms with E-state index in [0.29, 0.717) is 12.5 Å². The van der Waals surface area contributed by atoms with Gasteiger partial charge in [-0.25, -0.2) is 4.98 Å². The third kappa shape index (κ3) is 3.04. The van der Waals surface area contributed by atoms with E-state index >= 15 is 0 Å². The van der Waals surface area contributed by atoms with Gasteiger partial charge >= 0.3 is 0 Å². The van der Waals surface area contributed by atoms with Crippen LogP contribution in [-0.2, 0) is 0 Å². The van der Waals surface area contributed by atoms with Crippen molar-refractivity contribution in [3.05, 3.63) is 34.7 Å². The van der Waals surface area contributed by atoms with Gasteiger partial charge in [0, 0.05) is 18.0 Å². The number of aromatic amines is 1. The lowest BCUT2D eigenvalue weighted by atomic mass is 9.95. The Morgan fingerprint density at radius 1 is 1.40 bits per heavy atom. The van der Waals surface area contributed by atoms with Crippen LogP contribution >= 0.6 is 15.9 Å². The van der Waals surface area contributed by atoms with Crippen molar-refractivity contribution >= 4 is 15.9 Å². The zero-order valence-electron chi connectivity index (χ0n) is 12.0. The lowest BCUT2D eigenvalue weighted by Gasteiger charge is -2.15. The third-order valence-electron chi connectivity index (χ3n) is 3.47. The van der Waals surface area contributed by atoms with Crippen LogP contribution in [0.1, 0.15) is 25.6 Å². The van der Waals surface area contributed by atoms with Crippen molar-refractivity contribution in [2.24, 2.45) is 11.7 Å². The van der Waals surface area contributed by atoms with Gasteiger partial charge in [0.25, 0.3) is 0 Å². The van der Waals surface area contributed by atoms with Crippen molar-refractivity contribution in [3.8, 4) is 17.0 Å². The van der Waals surface area contributed by atoms with Gasteiger partial charge in [-0.2, -0.15) is 0 Å². The molecule has 0 saturated carbocycles. The Bertz CT molecular complexity index is 580. The fraction of sp³-hybridized carbons (Fsp3) is 0.400. The molecule has 2 rings (SSSR count). The van der Waals surface area contributed by atoms with Crippen molar-refractivity contribution in [2.45, 2.75) is 19.8 Å². The molecule has 108 valence electrons. The minimum atomic E-state index is 0.255. The van der Waals surface area contributed by atoms with Crippen LogP contribution < -0.4 is 10.5 Å². The molecule has 0 aliphatic rings. The fourth-order valence-electron chi connectivity index (χ4n) is 2.21. The molecule has 0 fully saturated rings. The molecule has 1 aromatic heterocycles. The summed E-state index contributed by atoms with van der Waals surface area (Å²) in [7, 11) is 1.66. The Balaban J connectivity index is 2.31. The number of benzene rings is 1. The molecular weight excluding hydrogens is 318 g/mol. The number of rotatable bonds is 5. The van der Waals surface area contributed by atoms with Gasteiger partial charge in [0.05, 0.1) is 23.5 Å². The first-order chi connectivity index (χ1) is 9.56. The fourth-order valence-corrected chi connectivity index (χ4v) is 2.75. The van der Waals surface area contributed by atoms with Crippen LogP contribution in [0.15, 0.2) is 28.9 Å². The topological polar surface area (TPSA) is 63.9 Å². The van der Waals surface area contributed by atoms with Crippen LogP contribution in [-0.4, -0.2) is 23.6 Å². The highest BCUT2D eigenvalue weighted by molar-refractivity contribution is 9.10. The minimum absolute atomic E-state index is 0.255. The molecule has 3 N–H and O–H groups in total. The van der Waals surface area contributed by atoms with E-state index in [9.17, 15) is 0 Å². The largest absolute Gasteiger partial charge is 0.496 e. The Kier molecular flexibility index (Phi) is 4.83. The second-order valence-corrected chi connectivity index (χ2v) is 5.97. The van der Waals surface area contributed by atoms with Gasteiger partial charge in [0.15, 0.2) is 0 Å². The predicted octanol–water partition coefficient (Wildman–Crippen LogP) is 3.55. The Morgan fingerprint density at radius 2 is 2.15 bits per heavy atom. The van der Waals surface area contributed by atoms with Gasteiger partial charge in [-0.15, -0.1) is 0 Å². The number of nitrogens with two attached hydrogens (primary N) is 1. The molecular formula is C15H20BrN3O. The van der Waals surface area contributed by atoms with Crippen molar-refractivity contribution in [3.63, 3.8) is 0 Å². The number of hydrogen-bond acceptors (Lipinski definition) is 3. The van der Waals surface area contributed by atoms with Gasteiger partial charge in [0.2, 0.25) is 0 Å². The summed E-state index contributed by atoms with van der Waals surface area (Å²) in [6.07, 6.45) is 1.86. The smallest absolute Gasteiger partial charge is 0.133 e. The summed E-state index contributed by atoms with van der Waals surface area (Å²) >= 11 is 3.50. The van der Waals surface area contributed by atoms with E-state index in [1.54, 1.807) is 7.11 Å². The summed E-state index contributed by atoms with van der Waals surface area (Å²) in [5.74, 6) is 2.48. The lowest BCUT2D eigenvalue weighted by molar-refractivity contribution is 0.412. The van der Waals surface area contributed by atoms with E-state index in [0.717, 1.165) is 27.3 Å². The molecule has 5 heteroatoms. The minimum Gasteiger partial charge on any atom is -0.496 e.